The number of hydrogen-bond acceptors (Lipinski definition) is 9. The van der Waals surface area contributed by atoms with Crippen molar-refractivity contribution in [2.45, 2.75) is 33.6 Å². The number of ether oxygens (including phenoxy) is 4. The maximum atomic E-state index is 12.8. The Morgan fingerprint density at radius 3 is 2.62 bits per heavy atom. The molecule has 10 nitrogen and oxygen atoms in total. The molecule has 1 N–H and O–H groups in total. The molecular weight excluding hydrogens is 418 g/mol. The fourth-order valence-corrected chi connectivity index (χ4v) is 3.20. The Balaban J connectivity index is 1.72. The highest BCUT2D eigenvalue weighted by atomic mass is 16.5. The Morgan fingerprint density at radius 1 is 1.25 bits per heavy atom. The third-order valence-electron chi connectivity index (χ3n) is 5.06. The summed E-state index contributed by atoms with van der Waals surface area (Å²) >= 11 is 0. The predicted molar refractivity (Wildman–Crippen MR) is 117 cm³/mol. The molecule has 1 fully saturated rings. The summed E-state index contributed by atoms with van der Waals surface area (Å²) in [6.07, 6.45) is 0.636. The first-order chi connectivity index (χ1) is 15.2. The van der Waals surface area contributed by atoms with Crippen LogP contribution in [-0.2, 0) is 21.0 Å². The zero-order valence-corrected chi connectivity index (χ0v) is 19.0. The van der Waals surface area contributed by atoms with Crippen molar-refractivity contribution in [1.29, 1.82) is 0 Å². The number of morpholine rings is 1. The number of nitrogens with zero attached hydrogens (tertiary/aromatic N) is 3. The Labute approximate surface area is 186 Å². The van der Waals surface area contributed by atoms with Gasteiger partial charge in [-0.05, 0) is 26.8 Å². The normalized spacial score (nSPS) is 16.0. The summed E-state index contributed by atoms with van der Waals surface area (Å²) in [5.41, 5.74) is -0.629. The Bertz CT molecular complexity index is 993. The second-order valence-corrected chi connectivity index (χ2v) is 8.73. The number of benzene rings is 1. The number of aliphatic hydroxyl groups excluding tert-OH is 1. The van der Waals surface area contributed by atoms with Crippen molar-refractivity contribution in [3.63, 3.8) is 0 Å². The van der Waals surface area contributed by atoms with Crippen LogP contribution >= 0.6 is 0 Å². The topological polar surface area (TPSA) is 112 Å². The molecule has 176 valence electrons. The number of carbonyl (C=O) groups excluding carboxylic acids is 1. The lowest BCUT2D eigenvalue weighted by Gasteiger charge is -2.28. The maximum absolute atomic E-state index is 12.8. The van der Waals surface area contributed by atoms with Crippen LogP contribution in [0, 0.1) is 5.41 Å². The van der Waals surface area contributed by atoms with Crippen LogP contribution < -0.4 is 15.0 Å². The van der Waals surface area contributed by atoms with Gasteiger partial charge in [-0.3, -0.25) is 19.1 Å². The minimum atomic E-state index is -0.688. The molecule has 1 unspecified atom stereocenters. The minimum absolute atomic E-state index is 0.0685. The van der Waals surface area contributed by atoms with Crippen LogP contribution in [0.15, 0.2) is 23.3 Å². The monoisotopic (exact) mass is 449 g/mol. The van der Waals surface area contributed by atoms with Gasteiger partial charge in [-0.25, -0.2) is 4.98 Å². The van der Waals surface area contributed by atoms with E-state index in [1.807, 2.05) is 0 Å². The van der Waals surface area contributed by atoms with Crippen LogP contribution in [-0.4, -0.2) is 78.2 Å². The lowest BCUT2D eigenvalue weighted by Crippen LogP contribution is -2.42. The number of rotatable bonds is 8. The largest absolute Gasteiger partial charge is 0.493 e. The molecule has 1 atom stereocenters. The number of hydrogen-bond donors (Lipinski definition) is 1. The van der Waals surface area contributed by atoms with Gasteiger partial charge in [0, 0.05) is 25.7 Å². The van der Waals surface area contributed by atoms with Gasteiger partial charge in [0.15, 0.2) is 18.2 Å². The maximum Gasteiger partial charge on any atom is 0.312 e. The van der Waals surface area contributed by atoms with Gasteiger partial charge in [-0.2, -0.15) is 0 Å². The van der Waals surface area contributed by atoms with Gasteiger partial charge in [0.1, 0.15) is 19.0 Å². The molecule has 3 rings (SSSR count). The second kappa shape index (κ2) is 10.3. The molecule has 0 amide bonds. The summed E-state index contributed by atoms with van der Waals surface area (Å²) in [5.74, 6) is 0.311. The first kappa shape index (κ1) is 24.0. The quantitative estimate of drug-likeness (QED) is 0.590. The number of aromatic nitrogens is 2. The summed E-state index contributed by atoms with van der Waals surface area (Å²) < 4.78 is 22.9. The van der Waals surface area contributed by atoms with E-state index < -0.39 is 17.5 Å². The first-order valence-electron chi connectivity index (χ1n) is 10.5. The van der Waals surface area contributed by atoms with Gasteiger partial charge >= 0.3 is 5.97 Å². The van der Waals surface area contributed by atoms with Crippen LogP contribution in [0.3, 0.4) is 0 Å². The molecule has 2 aromatic rings. The van der Waals surface area contributed by atoms with Crippen molar-refractivity contribution in [1.82, 2.24) is 14.5 Å². The van der Waals surface area contributed by atoms with Crippen molar-refractivity contribution in [2.75, 3.05) is 46.6 Å². The highest BCUT2D eigenvalue weighted by Gasteiger charge is 2.23. The fraction of sp³-hybridized carbons (Fsp3) is 0.591. The molecule has 32 heavy (non-hydrogen) atoms. The standard InChI is InChI=1S/C22H31N3O7/c1-22(2,3)21(28)32-14-25-13-23-17-10-19(18(29-4)9-16(17)20(25)27)31-12-15(26)11-24-5-7-30-8-6-24/h9-10,13,15,26H,5-8,11-12,14H2,1-4H3. The second-order valence-electron chi connectivity index (χ2n) is 8.73. The van der Waals surface area contributed by atoms with Gasteiger partial charge in [0.25, 0.3) is 5.56 Å². The summed E-state index contributed by atoms with van der Waals surface area (Å²) in [4.78, 5) is 31.2. The van der Waals surface area contributed by atoms with E-state index in [2.05, 4.69) is 9.88 Å². The number of aliphatic hydroxyl groups is 1. The molecule has 0 spiro atoms. The number of β-amino-alcohol motifs (C(OH)–C–C–N with tert-alkyl or cyclic N) is 1. The summed E-state index contributed by atoms with van der Waals surface area (Å²) in [6.45, 7) is 8.40. The van der Waals surface area contributed by atoms with E-state index in [4.69, 9.17) is 18.9 Å². The van der Waals surface area contributed by atoms with E-state index in [0.29, 0.717) is 42.2 Å². The molecule has 1 saturated heterocycles. The van der Waals surface area contributed by atoms with E-state index in [1.54, 1.807) is 26.8 Å². The Morgan fingerprint density at radius 2 is 1.97 bits per heavy atom. The third kappa shape index (κ3) is 5.96. The summed E-state index contributed by atoms with van der Waals surface area (Å²) in [5, 5.41) is 10.6. The molecule has 2 heterocycles. The van der Waals surface area contributed by atoms with Crippen LogP contribution in [0.4, 0.5) is 0 Å². The molecule has 0 bridgehead atoms. The van der Waals surface area contributed by atoms with Crippen molar-refractivity contribution in [2.24, 2.45) is 5.41 Å². The average molecular weight is 450 g/mol. The average Bonchev–Trinajstić information content (AvgIpc) is 2.76. The summed E-state index contributed by atoms with van der Waals surface area (Å²) in [7, 11) is 1.47. The molecule has 1 aromatic heterocycles. The molecule has 1 aromatic carbocycles. The lowest BCUT2D eigenvalue weighted by molar-refractivity contribution is -0.157. The fourth-order valence-electron chi connectivity index (χ4n) is 3.20. The molecule has 0 aliphatic carbocycles. The van der Waals surface area contributed by atoms with Gasteiger partial charge in [0.05, 0.1) is 36.6 Å². The van der Waals surface area contributed by atoms with Crippen molar-refractivity contribution in [3.8, 4) is 11.5 Å². The van der Waals surface area contributed by atoms with E-state index >= 15 is 0 Å². The van der Waals surface area contributed by atoms with Crippen LogP contribution in [0.1, 0.15) is 20.8 Å². The van der Waals surface area contributed by atoms with Crippen molar-refractivity contribution in [3.05, 3.63) is 28.8 Å². The third-order valence-corrected chi connectivity index (χ3v) is 5.06. The first-order valence-corrected chi connectivity index (χ1v) is 10.5. The number of fused-ring (bicyclic) bond motifs is 1. The van der Waals surface area contributed by atoms with E-state index in [9.17, 15) is 14.7 Å². The molecule has 1 aliphatic rings. The highest BCUT2D eigenvalue weighted by molar-refractivity contribution is 5.81. The Hall–Kier alpha value is -2.69. The van der Waals surface area contributed by atoms with E-state index in [-0.39, 0.29) is 18.9 Å². The van der Waals surface area contributed by atoms with Gasteiger partial charge in [-0.15, -0.1) is 0 Å². The number of methoxy groups -OCH3 is 1. The number of esters is 1. The van der Waals surface area contributed by atoms with E-state index in [1.165, 1.54) is 24.1 Å². The molecule has 0 radical (unpaired) electrons. The Kier molecular flexibility index (Phi) is 7.70. The molecular formula is C22H31N3O7. The van der Waals surface area contributed by atoms with Gasteiger partial charge in [-0.1, -0.05) is 0 Å². The zero-order chi connectivity index (χ0) is 23.3. The lowest BCUT2D eigenvalue weighted by atomic mass is 9.98. The van der Waals surface area contributed by atoms with Crippen LogP contribution in [0.2, 0.25) is 0 Å². The zero-order valence-electron chi connectivity index (χ0n) is 19.0. The van der Waals surface area contributed by atoms with Crippen LogP contribution in [0.5, 0.6) is 11.5 Å². The van der Waals surface area contributed by atoms with E-state index in [0.717, 1.165) is 13.1 Å². The highest BCUT2D eigenvalue weighted by Crippen LogP contribution is 2.30. The van der Waals surface area contributed by atoms with Gasteiger partial charge in [0.2, 0.25) is 0 Å². The van der Waals surface area contributed by atoms with Crippen LogP contribution in [0.25, 0.3) is 10.9 Å². The molecule has 1 aliphatic heterocycles. The number of carbonyl (C=O) groups is 1. The predicted octanol–water partition coefficient (Wildman–Crippen LogP) is 1.02. The summed E-state index contributed by atoms with van der Waals surface area (Å²) in [6, 6.07) is 3.14. The smallest absolute Gasteiger partial charge is 0.312 e. The van der Waals surface area contributed by atoms with Crippen molar-refractivity contribution < 1.29 is 28.8 Å². The van der Waals surface area contributed by atoms with Gasteiger partial charge < -0.3 is 24.1 Å². The SMILES string of the molecule is COc1cc2c(=O)n(COC(=O)C(C)(C)C)cnc2cc1OCC(O)CN1CCOCC1. The minimum Gasteiger partial charge on any atom is -0.493 e. The molecule has 0 saturated carbocycles. The van der Waals surface area contributed by atoms with Crippen molar-refractivity contribution >= 4 is 16.9 Å². The molecule has 10 heteroatoms.